The van der Waals surface area contributed by atoms with E-state index in [9.17, 15) is 14.4 Å². The van der Waals surface area contributed by atoms with Crippen molar-refractivity contribution in [1.82, 2.24) is 10.6 Å². The van der Waals surface area contributed by atoms with Crippen molar-refractivity contribution in [2.24, 2.45) is 0 Å². The van der Waals surface area contributed by atoms with Gasteiger partial charge >= 0.3 is 6.09 Å². The highest BCUT2D eigenvalue weighted by atomic mass is 16.5. The number of rotatable bonds is 10. The Labute approximate surface area is 256 Å². The number of hydrogen-bond donors (Lipinski definition) is 2. The average Bonchev–Trinajstić information content (AvgIpc) is 3.40. The summed E-state index contributed by atoms with van der Waals surface area (Å²) in [6, 6.07) is 44.2. The van der Waals surface area contributed by atoms with Gasteiger partial charge < -0.3 is 20.2 Å². The zero-order valence-corrected chi connectivity index (χ0v) is 24.1. The lowest BCUT2D eigenvalue weighted by molar-refractivity contribution is -0.124. The van der Waals surface area contributed by atoms with Gasteiger partial charge in [-0.1, -0.05) is 140 Å². The largest absolute Gasteiger partial charge is 0.449 e. The molecule has 1 aliphatic carbocycles. The van der Waals surface area contributed by atoms with Crippen LogP contribution in [0.25, 0.3) is 11.1 Å². The number of benzene rings is 5. The second kappa shape index (κ2) is 12.8. The third-order valence-electron chi connectivity index (χ3n) is 8.16. The molecule has 0 bridgehead atoms. The molecule has 1 atom stereocenters. The Bertz CT molecular complexity index is 1610. The van der Waals surface area contributed by atoms with Crippen LogP contribution in [0.4, 0.5) is 4.79 Å². The molecule has 1 unspecified atom stereocenters. The lowest BCUT2D eigenvalue weighted by Gasteiger charge is -2.37. The van der Waals surface area contributed by atoms with Gasteiger partial charge in [-0.25, -0.2) is 4.79 Å². The molecule has 1 aliphatic rings. The number of ether oxygens (including phenoxy) is 1. The Morgan fingerprint density at radius 1 is 0.659 bits per heavy atom. The number of aldehydes is 1. The van der Waals surface area contributed by atoms with Crippen molar-refractivity contribution in [3.05, 3.63) is 167 Å². The van der Waals surface area contributed by atoms with Crippen molar-refractivity contribution < 1.29 is 19.1 Å². The van der Waals surface area contributed by atoms with Gasteiger partial charge in [-0.3, -0.25) is 4.79 Å². The van der Waals surface area contributed by atoms with E-state index in [1.807, 2.05) is 127 Å². The molecule has 0 saturated heterocycles. The second-order valence-electron chi connectivity index (χ2n) is 10.8. The molecule has 6 heteroatoms. The van der Waals surface area contributed by atoms with Crippen molar-refractivity contribution in [3.8, 4) is 11.1 Å². The zero-order chi connectivity index (χ0) is 30.4. The van der Waals surface area contributed by atoms with Crippen LogP contribution in [0.5, 0.6) is 0 Å². The monoisotopic (exact) mass is 580 g/mol. The van der Waals surface area contributed by atoms with Gasteiger partial charge in [-0.15, -0.1) is 0 Å². The minimum absolute atomic E-state index is 0.108. The molecule has 44 heavy (non-hydrogen) atoms. The van der Waals surface area contributed by atoms with E-state index in [1.54, 1.807) is 0 Å². The summed E-state index contributed by atoms with van der Waals surface area (Å²) >= 11 is 0. The van der Waals surface area contributed by atoms with E-state index in [0.717, 1.165) is 38.9 Å². The van der Waals surface area contributed by atoms with Crippen LogP contribution < -0.4 is 10.6 Å². The predicted molar refractivity (Wildman–Crippen MR) is 170 cm³/mol. The normalized spacial score (nSPS) is 12.8. The highest BCUT2D eigenvalue weighted by Gasteiger charge is 2.38. The standard InChI is InChI=1S/C38H32N2O4/c41-25-30(39-37(43)44-26-35-33-22-12-10-20-31(33)32-21-11-13-23-34(32)35)24-36(42)40-38(27-14-4-1-5-15-27,28-16-6-2-7-17-28)29-18-8-3-9-19-29/h1-23,25,30,35H,24,26H2,(H,39,43)(H,40,42). The maximum Gasteiger partial charge on any atom is 0.407 e. The van der Waals surface area contributed by atoms with Gasteiger partial charge in [0.05, 0.1) is 12.5 Å². The summed E-state index contributed by atoms with van der Waals surface area (Å²) < 4.78 is 5.62. The molecule has 6 rings (SSSR count). The number of amides is 2. The van der Waals surface area contributed by atoms with Crippen LogP contribution in [0, 0.1) is 0 Å². The molecule has 5 aromatic rings. The molecule has 0 aliphatic heterocycles. The lowest BCUT2D eigenvalue weighted by atomic mass is 9.77. The van der Waals surface area contributed by atoms with Crippen molar-refractivity contribution in [3.63, 3.8) is 0 Å². The van der Waals surface area contributed by atoms with Crippen molar-refractivity contribution in [2.45, 2.75) is 23.9 Å². The van der Waals surface area contributed by atoms with Crippen LogP contribution in [0.3, 0.4) is 0 Å². The predicted octanol–water partition coefficient (Wildman–Crippen LogP) is 6.59. The van der Waals surface area contributed by atoms with Crippen LogP contribution in [-0.2, 0) is 19.9 Å². The Morgan fingerprint density at radius 3 is 1.55 bits per heavy atom. The van der Waals surface area contributed by atoms with Gasteiger partial charge in [0.15, 0.2) is 0 Å². The van der Waals surface area contributed by atoms with Crippen molar-refractivity contribution in [1.29, 1.82) is 0 Å². The number of hydrogen-bond acceptors (Lipinski definition) is 4. The van der Waals surface area contributed by atoms with Gasteiger partial charge in [0, 0.05) is 5.92 Å². The first kappa shape index (κ1) is 28.6. The third kappa shape index (κ3) is 5.62. The SMILES string of the molecule is O=CC(CC(=O)NC(c1ccccc1)(c1ccccc1)c1ccccc1)NC(=O)OCC1c2ccccc2-c2ccccc21. The molecule has 0 spiro atoms. The minimum atomic E-state index is -1.08. The summed E-state index contributed by atoms with van der Waals surface area (Å²) in [6.45, 7) is 0.108. The van der Waals surface area contributed by atoms with E-state index < -0.39 is 23.6 Å². The molecule has 5 aromatic carbocycles. The summed E-state index contributed by atoms with van der Waals surface area (Å²) in [6.07, 6.45) is -0.449. The number of carbonyl (C=O) groups excluding carboxylic acids is 3. The smallest absolute Gasteiger partial charge is 0.407 e. The van der Waals surface area contributed by atoms with Crippen LogP contribution >= 0.6 is 0 Å². The fourth-order valence-corrected chi connectivity index (χ4v) is 6.17. The van der Waals surface area contributed by atoms with E-state index in [2.05, 4.69) is 22.8 Å². The zero-order valence-electron chi connectivity index (χ0n) is 24.1. The van der Waals surface area contributed by atoms with Gasteiger partial charge in [0.2, 0.25) is 5.91 Å². The van der Waals surface area contributed by atoms with Crippen LogP contribution in [0.15, 0.2) is 140 Å². The molecule has 0 heterocycles. The molecular formula is C38H32N2O4. The maximum atomic E-state index is 13.7. The van der Waals surface area contributed by atoms with Crippen LogP contribution in [0.1, 0.15) is 40.2 Å². The van der Waals surface area contributed by atoms with Gasteiger partial charge in [-0.05, 0) is 38.9 Å². The number of carbonyl (C=O) groups is 3. The molecule has 2 amide bonds. The average molecular weight is 581 g/mol. The molecule has 218 valence electrons. The maximum absolute atomic E-state index is 13.7. The van der Waals surface area contributed by atoms with E-state index in [0.29, 0.717) is 6.29 Å². The van der Waals surface area contributed by atoms with E-state index >= 15 is 0 Å². The second-order valence-corrected chi connectivity index (χ2v) is 10.8. The Morgan fingerprint density at radius 2 is 1.09 bits per heavy atom. The topological polar surface area (TPSA) is 84.5 Å². The summed E-state index contributed by atoms with van der Waals surface area (Å²) in [4.78, 5) is 38.7. The quantitative estimate of drug-likeness (QED) is 0.144. The van der Waals surface area contributed by atoms with E-state index in [1.165, 1.54) is 0 Å². The summed E-state index contributed by atoms with van der Waals surface area (Å²) in [5.41, 5.74) is 5.97. The molecule has 2 N–H and O–H groups in total. The lowest BCUT2D eigenvalue weighted by Crippen LogP contribution is -2.50. The van der Waals surface area contributed by atoms with Crippen LogP contribution in [0.2, 0.25) is 0 Å². The Balaban J connectivity index is 1.18. The Kier molecular flexibility index (Phi) is 8.32. The number of nitrogens with one attached hydrogen (secondary N) is 2. The first-order valence-corrected chi connectivity index (χ1v) is 14.6. The summed E-state index contributed by atoms with van der Waals surface area (Å²) in [5.74, 6) is -0.521. The van der Waals surface area contributed by atoms with E-state index in [4.69, 9.17) is 4.74 Å². The molecule has 6 nitrogen and oxygen atoms in total. The highest BCUT2D eigenvalue weighted by molar-refractivity contribution is 5.85. The van der Waals surface area contributed by atoms with Crippen molar-refractivity contribution >= 4 is 18.3 Å². The molecule has 0 radical (unpaired) electrons. The molecule has 0 aromatic heterocycles. The third-order valence-corrected chi connectivity index (χ3v) is 8.16. The Hall–Kier alpha value is -5.49. The summed E-state index contributed by atoms with van der Waals surface area (Å²) in [7, 11) is 0. The molecule has 0 saturated carbocycles. The van der Waals surface area contributed by atoms with E-state index in [-0.39, 0.29) is 18.9 Å². The van der Waals surface area contributed by atoms with Crippen molar-refractivity contribution in [2.75, 3.05) is 6.61 Å². The van der Waals surface area contributed by atoms with Gasteiger partial charge in [-0.2, -0.15) is 0 Å². The first-order valence-electron chi connectivity index (χ1n) is 14.6. The molecule has 0 fully saturated rings. The minimum Gasteiger partial charge on any atom is -0.449 e. The van der Waals surface area contributed by atoms with Gasteiger partial charge in [0.25, 0.3) is 0 Å². The number of fused-ring (bicyclic) bond motifs is 3. The number of alkyl carbamates (subject to hydrolysis) is 1. The highest BCUT2D eigenvalue weighted by Crippen LogP contribution is 2.44. The summed E-state index contributed by atoms with van der Waals surface area (Å²) in [5, 5.41) is 5.81. The fourth-order valence-electron chi connectivity index (χ4n) is 6.17. The fraction of sp³-hybridized carbons (Fsp3) is 0.132. The molecular weight excluding hydrogens is 548 g/mol. The first-order chi connectivity index (χ1) is 21.6. The van der Waals surface area contributed by atoms with Crippen LogP contribution in [-0.4, -0.2) is 30.9 Å². The van der Waals surface area contributed by atoms with Gasteiger partial charge in [0.1, 0.15) is 18.4 Å².